The summed E-state index contributed by atoms with van der Waals surface area (Å²) in [6.07, 6.45) is 2.35. The van der Waals surface area contributed by atoms with Gasteiger partial charge in [0.1, 0.15) is 0 Å². The summed E-state index contributed by atoms with van der Waals surface area (Å²) in [7, 11) is 0. The first-order chi connectivity index (χ1) is 8.55. The molecule has 0 unspecified atom stereocenters. The second-order valence-corrected chi connectivity index (χ2v) is 6.21. The fraction of sp³-hybridized carbons (Fsp3) is 0.667. The van der Waals surface area contributed by atoms with Crippen LogP contribution in [0.2, 0.25) is 0 Å². The summed E-state index contributed by atoms with van der Waals surface area (Å²) in [5, 5.41) is 15.5. The van der Waals surface area contributed by atoms with Crippen LogP contribution in [0.3, 0.4) is 0 Å². The van der Waals surface area contributed by atoms with Crippen LogP contribution in [0, 0.1) is 5.92 Å². The summed E-state index contributed by atoms with van der Waals surface area (Å²) < 4.78 is 0. The van der Waals surface area contributed by atoms with Crippen LogP contribution in [0.4, 0.5) is 5.13 Å². The second-order valence-electron chi connectivity index (χ2n) is 5.35. The van der Waals surface area contributed by atoms with Crippen molar-refractivity contribution in [1.82, 2.24) is 9.88 Å². The minimum absolute atomic E-state index is 0.0945. The zero-order valence-electron chi connectivity index (χ0n) is 10.3. The molecule has 1 aliphatic carbocycles. The summed E-state index contributed by atoms with van der Waals surface area (Å²) in [6, 6.07) is 0. The highest BCUT2D eigenvalue weighted by molar-refractivity contribution is 7.13. The average Bonchev–Trinajstić information content (AvgIpc) is 3.00. The quantitative estimate of drug-likeness (QED) is 0.856. The van der Waals surface area contributed by atoms with E-state index in [0.717, 1.165) is 25.3 Å². The number of hydrogen-bond donors (Lipinski definition) is 2. The fourth-order valence-electron chi connectivity index (χ4n) is 2.54. The van der Waals surface area contributed by atoms with Gasteiger partial charge < -0.3 is 10.4 Å². The summed E-state index contributed by atoms with van der Waals surface area (Å²) >= 11 is 1.44. The molecule has 1 saturated carbocycles. The van der Waals surface area contributed by atoms with E-state index in [9.17, 15) is 9.90 Å². The van der Waals surface area contributed by atoms with Crippen molar-refractivity contribution < 1.29 is 9.90 Å². The van der Waals surface area contributed by atoms with Crippen LogP contribution in [0.5, 0.6) is 0 Å². The van der Waals surface area contributed by atoms with Crippen LogP contribution in [-0.2, 0) is 11.3 Å². The maximum atomic E-state index is 10.9. The van der Waals surface area contributed by atoms with E-state index >= 15 is 0 Å². The third kappa shape index (κ3) is 2.41. The molecule has 2 aliphatic rings. The molecule has 6 heteroatoms. The van der Waals surface area contributed by atoms with Gasteiger partial charge in [-0.1, -0.05) is 0 Å². The van der Waals surface area contributed by atoms with Crippen LogP contribution in [0.1, 0.15) is 25.5 Å². The summed E-state index contributed by atoms with van der Waals surface area (Å²) in [4.78, 5) is 17.4. The molecule has 5 nitrogen and oxygen atoms in total. The van der Waals surface area contributed by atoms with Crippen LogP contribution < -0.4 is 5.32 Å². The first kappa shape index (κ1) is 12.1. The van der Waals surface area contributed by atoms with E-state index in [0.29, 0.717) is 11.0 Å². The third-order valence-electron chi connectivity index (χ3n) is 3.55. The predicted molar refractivity (Wildman–Crippen MR) is 69.4 cm³/mol. The molecule has 0 radical (unpaired) electrons. The molecule has 98 valence electrons. The number of nitrogens with one attached hydrogen (secondary N) is 1. The Labute approximate surface area is 110 Å². The van der Waals surface area contributed by atoms with E-state index in [4.69, 9.17) is 0 Å². The monoisotopic (exact) mass is 267 g/mol. The zero-order chi connectivity index (χ0) is 12.8. The van der Waals surface area contributed by atoms with Crippen molar-refractivity contribution in [1.29, 1.82) is 0 Å². The van der Waals surface area contributed by atoms with E-state index in [1.165, 1.54) is 31.1 Å². The first-order valence-electron chi connectivity index (χ1n) is 6.22. The smallest absolute Gasteiger partial charge is 0.223 e. The number of carbonyl (C=O) groups excluding carboxylic acids is 1. The Balaban J connectivity index is 1.51. The van der Waals surface area contributed by atoms with Crippen molar-refractivity contribution in [2.75, 3.05) is 18.4 Å². The maximum Gasteiger partial charge on any atom is 0.223 e. The molecule has 1 saturated heterocycles. The van der Waals surface area contributed by atoms with Gasteiger partial charge in [0.2, 0.25) is 5.91 Å². The van der Waals surface area contributed by atoms with E-state index in [-0.39, 0.29) is 5.91 Å². The van der Waals surface area contributed by atoms with Gasteiger partial charge in [0.05, 0.1) is 11.3 Å². The number of rotatable bonds is 4. The Morgan fingerprint density at radius 3 is 3.00 bits per heavy atom. The van der Waals surface area contributed by atoms with Gasteiger partial charge in [-0.3, -0.25) is 9.69 Å². The van der Waals surface area contributed by atoms with Gasteiger partial charge >= 0.3 is 0 Å². The minimum atomic E-state index is -0.434. The molecule has 0 aromatic carbocycles. The van der Waals surface area contributed by atoms with E-state index in [2.05, 4.69) is 15.2 Å². The number of anilines is 1. The van der Waals surface area contributed by atoms with E-state index < -0.39 is 5.60 Å². The maximum absolute atomic E-state index is 10.9. The van der Waals surface area contributed by atoms with E-state index in [1.807, 2.05) is 5.38 Å². The SMILES string of the molecule is CC(=O)Nc1nc(CN2CC(O)(C3CC3)C2)cs1. The molecular weight excluding hydrogens is 250 g/mol. The summed E-state index contributed by atoms with van der Waals surface area (Å²) in [5.74, 6) is 0.432. The first-order valence-corrected chi connectivity index (χ1v) is 7.10. The molecule has 2 heterocycles. The minimum Gasteiger partial charge on any atom is -0.387 e. The van der Waals surface area contributed by atoms with Crippen molar-refractivity contribution in [3.8, 4) is 0 Å². The third-order valence-corrected chi connectivity index (χ3v) is 4.36. The van der Waals surface area contributed by atoms with Crippen LogP contribution in [0.15, 0.2) is 5.38 Å². The molecule has 18 heavy (non-hydrogen) atoms. The summed E-state index contributed by atoms with van der Waals surface area (Å²) in [5.41, 5.74) is 0.526. The number of aromatic nitrogens is 1. The molecule has 1 amide bonds. The number of nitrogens with zero attached hydrogens (tertiary/aromatic N) is 2. The number of β-amino-alcohol motifs (C(OH)–C–C–N with tert-alkyl or cyclic N) is 1. The van der Waals surface area contributed by atoms with Gasteiger partial charge in [0.25, 0.3) is 0 Å². The highest BCUT2D eigenvalue weighted by atomic mass is 32.1. The molecule has 0 spiro atoms. The number of carbonyl (C=O) groups is 1. The van der Waals surface area contributed by atoms with Gasteiger partial charge in [0.15, 0.2) is 5.13 Å². The molecule has 0 atom stereocenters. The second kappa shape index (κ2) is 4.29. The molecule has 2 N–H and O–H groups in total. The molecule has 2 fully saturated rings. The largest absolute Gasteiger partial charge is 0.387 e. The van der Waals surface area contributed by atoms with Gasteiger partial charge in [-0.05, 0) is 18.8 Å². The van der Waals surface area contributed by atoms with Crippen LogP contribution >= 0.6 is 11.3 Å². The van der Waals surface area contributed by atoms with Gasteiger partial charge in [0, 0.05) is 31.9 Å². The Bertz CT molecular complexity index is 464. The highest BCUT2D eigenvalue weighted by Gasteiger charge is 2.51. The van der Waals surface area contributed by atoms with Gasteiger partial charge in [-0.15, -0.1) is 11.3 Å². The molecule has 1 aromatic rings. The molecule has 1 aliphatic heterocycles. The Morgan fingerprint density at radius 2 is 2.39 bits per heavy atom. The topological polar surface area (TPSA) is 65.5 Å². The van der Waals surface area contributed by atoms with Crippen molar-refractivity contribution >= 4 is 22.4 Å². The zero-order valence-corrected chi connectivity index (χ0v) is 11.2. The number of amides is 1. The lowest BCUT2D eigenvalue weighted by molar-refractivity contribution is -0.116. The Hall–Kier alpha value is -0.980. The average molecular weight is 267 g/mol. The van der Waals surface area contributed by atoms with Crippen molar-refractivity contribution in [2.45, 2.75) is 31.9 Å². The Kier molecular flexibility index (Phi) is 2.88. The van der Waals surface area contributed by atoms with Gasteiger partial charge in [-0.2, -0.15) is 0 Å². The number of likely N-dealkylation sites (tertiary alicyclic amines) is 1. The number of hydrogen-bond acceptors (Lipinski definition) is 5. The van der Waals surface area contributed by atoms with Crippen LogP contribution in [-0.4, -0.2) is 39.6 Å². The predicted octanol–water partition coefficient (Wildman–Crippen LogP) is 1.06. The summed E-state index contributed by atoms with van der Waals surface area (Å²) in [6.45, 7) is 3.74. The van der Waals surface area contributed by atoms with Gasteiger partial charge in [-0.25, -0.2) is 4.98 Å². The molecule has 0 bridgehead atoms. The Morgan fingerprint density at radius 1 is 1.67 bits per heavy atom. The normalized spacial score (nSPS) is 22.6. The highest BCUT2D eigenvalue weighted by Crippen LogP contribution is 2.44. The number of aliphatic hydroxyl groups is 1. The van der Waals surface area contributed by atoms with Crippen molar-refractivity contribution in [2.24, 2.45) is 5.92 Å². The van der Waals surface area contributed by atoms with Crippen LogP contribution in [0.25, 0.3) is 0 Å². The standard InChI is InChI=1S/C12H17N3O2S/c1-8(16)13-11-14-10(5-18-11)4-15-6-12(17,7-15)9-2-3-9/h5,9,17H,2-4,6-7H2,1H3,(H,13,14,16). The lowest BCUT2D eigenvalue weighted by Gasteiger charge is -2.46. The fourth-order valence-corrected chi connectivity index (χ4v) is 3.28. The number of thiazole rings is 1. The lowest BCUT2D eigenvalue weighted by atomic mass is 9.89. The molecule has 3 rings (SSSR count). The molecule has 1 aromatic heterocycles. The van der Waals surface area contributed by atoms with E-state index in [1.54, 1.807) is 0 Å². The lowest BCUT2D eigenvalue weighted by Crippen LogP contribution is -2.62. The van der Waals surface area contributed by atoms with Crippen molar-refractivity contribution in [3.63, 3.8) is 0 Å². The molecular formula is C12H17N3O2S. The van der Waals surface area contributed by atoms with Crippen molar-refractivity contribution in [3.05, 3.63) is 11.1 Å².